The number of nitrogens with zero attached hydrogens (tertiary/aromatic N) is 2. The van der Waals surface area contributed by atoms with Crippen LogP contribution in [0.5, 0.6) is 5.75 Å². The number of rotatable bonds is 7. The molecular formula is C19H30N4O2. The second-order valence-corrected chi connectivity index (χ2v) is 6.52. The van der Waals surface area contributed by atoms with Crippen LogP contribution >= 0.6 is 0 Å². The van der Waals surface area contributed by atoms with Crippen molar-refractivity contribution in [3.8, 4) is 5.75 Å². The van der Waals surface area contributed by atoms with Crippen molar-refractivity contribution < 1.29 is 9.53 Å². The van der Waals surface area contributed by atoms with E-state index in [-0.39, 0.29) is 5.91 Å². The van der Waals surface area contributed by atoms with Crippen LogP contribution in [0.1, 0.15) is 38.2 Å². The van der Waals surface area contributed by atoms with Crippen LogP contribution < -0.4 is 15.8 Å². The van der Waals surface area contributed by atoms with E-state index in [2.05, 4.69) is 34.3 Å². The van der Waals surface area contributed by atoms with Gasteiger partial charge in [-0.25, -0.2) is 0 Å². The predicted molar refractivity (Wildman–Crippen MR) is 101 cm³/mol. The van der Waals surface area contributed by atoms with Crippen LogP contribution in [-0.2, 0) is 11.3 Å². The predicted octanol–water partition coefficient (Wildman–Crippen LogP) is 2.14. The van der Waals surface area contributed by atoms with Gasteiger partial charge in [0.25, 0.3) is 0 Å². The molecule has 1 heterocycles. The maximum Gasteiger partial charge on any atom is 0.217 e. The highest BCUT2D eigenvalue weighted by Crippen LogP contribution is 2.19. The molecule has 2 rings (SSSR count). The smallest absolute Gasteiger partial charge is 0.217 e. The summed E-state index contributed by atoms with van der Waals surface area (Å²) >= 11 is 0. The zero-order valence-corrected chi connectivity index (χ0v) is 15.3. The van der Waals surface area contributed by atoms with Crippen molar-refractivity contribution in [2.75, 3.05) is 26.7 Å². The summed E-state index contributed by atoms with van der Waals surface area (Å²) < 4.78 is 5.68. The molecule has 0 radical (unpaired) electrons. The molecule has 0 saturated carbocycles. The highest BCUT2D eigenvalue weighted by molar-refractivity contribution is 5.80. The minimum Gasteiger partial charge on any atom is -0.494 e. The van der Waals surface area contributed by atoms with Crippen molar-refractivity contribution in [3.05, 3.63) is 29.8 Å². The van der Waals surface area contributed by atoms with Gasteiger partial charge in [0.05, 0.1) is 6.61 Å². The Morgan fingerprint density at radius 3 is 3.04 bits per heavy atom. The first kappa shape index (κ1) is 19.1. The molecule has 138 valence electrons. The van der Waals surface area contributed by atoms with Gasteiger partial charge in [-0.15, -0.1) is 0 Å². The van der Waals surface area contributed by atoms with Gasteiger partial charge in [0, 0.05) is 33.1 Å². The number of guanidine groups is 1. The van der Waals surface area contributed by atoms with Crippen molar-refractivity contribution in [3.63, 3.8) is 0 Å². The molecule has 1 amide bonds. The fourth-order valence-electron chi connectivity index (χ4n) is 3.19. The molecule has 1 saturated heterocycles. The lowest BCUT2D eigenvalue weighted by Crippen LogP contribution is -2.46. The molecule has 1 aliphatic rings. The number of likely N-dealkylation sites (tertiary alicyclic amines) is 1. The summed E-state index contributed by atoms with van der Waals surface area (Å²) in [4.78, 5) is 17.8. The third-order valence-electron chi connectivity index (χ3n) is 4.34. The normalized spacial score (nSPS) is 18.1. The second-order valence-electron chi connectivity index (χ2n) is 6.52. The average molecular weight is 346 g/mol. The van der Waals surface area contributed by atoms with E-state index in [1.807, 2.05) is 12.1 Å². The van der Waals surface area contributed by atoms with Crippen LogP contribution in [0, 0.1) is 5.92 Å². The number of ether oxygens (including phenoxy) is 1. The number of nitrogens with two attached hydrogens (primary N) is 1. The molecule has 0 aliphatic carbocycles. The minimum atomic E-state index is -0.223. The molecule has 0 bridgehead atoms. The van der Waals surface area contributed by atoms with E-state index >= 15 is 0 Å². The first-order chi connectivity index (χ1) is 12.1. The summed E-state index contributed by atoms with van der Waals surface area (Å²) in [5.41, 5.74) is 6.50. The lowest BCUT2D eigenvalue weighted by Gasteiger charge is -2.34. The first-order valence-electron chi connectivity index (χ1n) is 9.08. The van der Waals surface area contributed by atoms with Crippen LogP contribution in [0.25, 0.3) is 0 Å². The van der Waals surface area contributed by atoms with Crippen molar-refractivity contribution in [2.24, 2.45) is 16.6 Å². The molecule has 0 aromatic heterocycles. The van der Waals surface area contributed by atoms with E-state index in [1.54, 1.807) is 7.05 Å². The number of carbonyl (C=O) groups excluding carboxylic acids is 1. The zero-order valence-electron chi connectivity index (χ0n) is 15.3. The van der Waals surface area contributed by atoms with Crippen molar-refractivity contribution in [1.29, 1.82) is 0 Å². The summed E-state index contributed by atoms with van der Waals surface area (Å²) in [5, 5.41) is 3.42. The molecule has 0 spiro atoms. The summed E-state index contributed by atoms with van der Waals surface area (Å²) in [5.74, 6) is 1.86. The molecule has 1 aromatic carbocycles. The number of carbonyl (C=O) groups is 1. The van der Waals surface area contributed by atoms with E-state index in [4.69, 9.17) is 10.5 Å². The number of amides is 1. The van der Waals surface area contributed by atoms with Gasteiger partial charge in [-0.1, -0.05) is 19.1 Å². The molecular weight excluding hydrogens is 316 g/mol. The average Bonchev–Trinajstić information content (AvgIpc) is 2.61. The van der Waals surface area contributed by atoms with Crippen molar-refractivity contribution in [2.45, 2.75) is 39.2 Å². The van der Waals surface area contributed by atoms with E-state index < -0.39 is 0 Å². The Bertz CT molecular complexity index is 589. The Balaban J connectivity index is 1.90. The van der Waals surface area contributed by atoms with E-state index in [0.717, 1.165) is 56.2 Å². The number of benzene rings is 1. The monoisotopic (exact) mass is 346 g/mol. The lowest BCUT2D eigenvalue weighted by atomic mass is 9.95. The lowest BCUT2D eigenvalue weighted by molar-refractivity contribution is -0.119. The highest BCUT2D eigenvalue weighted by atomic mass is 16.5. The number of aliphatic imine (C=N–C) groups is 1. The summed E-state index contributed by atoms with van der Waals surface area (Å²) in [7, 11) is 1.79. The first-order valence-corrected chi connectivity index (χ1v) is 9.08. The number of hydrogen-bond acceptors (Lipinski definition) is 3. The van der Waals surface area contributed by atoms with E-state index in [0.29, 0.717) is 18.9 Å². The Hall–Kier alpha value is -2.24. The SMILES string of the molecule is CCCOc1cccc(CNC(=NC)N2CCCC(CC(N)=O)C2)c1. The summed E-state index contributed by atoms with van der Waals surface area (Å²) in [6.07, 6.45) is 3.55. The van der Waals surface area contributed by atoms with Gasteiger partial charge < -0.3 is 20.7 Å². The fourth-order valence-corrected chi connectivity index (χ4v) is 3.19. The van der Waals surface area contributed by atoms with Gasteiger partial charge in [0.15, 0.2) is 5.96 Å². The largest absolute Gasteiger partial charge is 0.494 e. The number of piperidine rings is 1. The molecule has 1 aliphatic heterocycles. The molecule has 1 unspecified atom stereocenters. The quantitative estimate of drug-likeness (QED) is 0.585. The van der Waals surface area contributed by atoms with E-state index in [9.17, 15) is 4.79 Å². The van der Waals surface area contributed by atoms with E-state index in [1.165, 1.54) is 0 Å². The minimum absolute atomic E-state index is 0.223. The van der Waals surface area contributed by atoms with Crippen LogP contribution in [0.3, 0.4) is 0 Å². The van der Waals surface area contributed by atoms with Gasteiger partial charge >= 0.3 is 0 Å². The molecule has 25 heavy (non-hydrogen) atoms. The van der Waals surface area contributed by atoms with Crippen molar-refractivity contribution in [1.82, 2.24) is 10.2 Å². The third-order valence-corrected chi connectivity index (χ3v) is 4.34. The van der Waals surface area contributed by atoms with Crippen LogP contribution in [-0.4, -0.2) is 43.5 Å². The van der Waals surface area contributed by atoms with Crippen molar-refractivity contribution >= 4 is 11.9 Å². The molecule has 1 atom stereocenters. The Labute approximate surface area is 150 Å². The number of primary amides is 1. The summed E-state index contributed by atoms with van der Waals surface area (Å²) in [6.45, 7) is 5.29. The van der Waals surface area contributed by atoms with Gasteiger partial charge in [-0.05, 0) is 42.9 Å². The van der Waals surface area contributed by atoms with Crippen LogP contribution in [0.4, 0.5) is 0 Å². The number of hydrogen-bond donors (Lipinski definition) is 2. The Kier molecular flexibility index (Phi) is 7.57. The zero-order chi connectivity index (χ0) is 18.1. The third kappa shape index (κ3) is 6.29. The van der Waals surface area contributed by atoms with Gasteiger partial charge in [-0.3, -0.25) is 9.79 Å². The second kappa shape index (κ2) is 9.91. The van der Waals surface area contributed by atoms with Gasteiger partial charge in [-0.2, -0.15) is 0 Å². The van der Waals surface area contributed by atoms with Gasteiger partial charge in [0.2, 0.25) is 5.91 Å². The molecule has 6 heteroatoms. The van der Waals surface area contributed by atoms with Crippen LogP contribution in [0.15, 0.2) is 29.3 Å². The topological polar surface area (TPSA) is 79.9 Å². The standard InChI is InChI=1S/C19H30N4O2/c1-3-10-25-17-8-4-6-15(11-17)13-22-19(21-2)23-9-5-7-16(14-23)12-18(20)24/h4,6,8,11,16H,3,5,7,9-10,12-14H2,1-2H3,(H2,20,24)(H,21,22). The maximum atomic E-state index is 11.2. The maximum absolute atomic E-state index is 11.2. The highest BCUT2D eigenvalue weighted by Gasteiger charge is 2.23. The molecule has 1 aromatic rings. The van der Waals surface area contributed by atoms with Gasteiger partial charge in [0.1, 0.15) is 5.75 Å². The molecule has 3 N–H and O–H groups in total. The Morgan fingerprint density at radius 1 is 1.48 bits per heavy atom. The number of nitrogens with one attached hydrogen (secondary N) is 1. The Morgan fingerprint density at radius 2 is 2.32 bits per heavy atom. The fraction of sp³-hybridized carbons (Fsp3) is 0.579. The van der Waals surface area contributed by atoms with Crippen LogP contribution in [0.2, 0.25) is 0 Å². The molecule has 1 fully saturated rings. The molecule has 6 nitrogen and oxygen atoms in total. The summed E-state index contributed by atoms with van der Waals surface area (Å²) in [6, 6.07) is 8.12.